The van der Waals surface area contributed by atoms with E-state index in [-0.39, 0.29) is 77.9 Å². The van der Waals surface area contributed by atoms with Gasteiger partial charge in [0.05, 0.1) is 53.4 Å². The minimum Gasteiger partial charge on any atom is -0.417 e. The van der Waals surface area contributed by atoms with Crippen molar-refractivity contribution in [2.45, 2.75) is 152 Å². The third kappa shape index (κ3) is 10.6. The van der Waals surface area contributed by atoms with Crippen molar-refractivity contribution in [2.75, 3.05) is 26.1 Å². The highest BCUT2D eigenvalue weighted by Crippen LogP contribution is 2.42. The van der Waals surface area contributed by atoms with Gasteiger partial charge in [0.25, 0.3) is 0 Å². The Morgan fingerprint density at radius 3 is 2.32 bits per heavy atom. The minimum absolute atomic E-state index is 0.0118. The summed E-state index contributed by atoms with van der Waals surface area (Å²) in [6, 6.07) is 8.68. The van der Waals surface area contributed by atoms with E-state index >= 15 is 0 Å². The number of hydrogen-bond acceptors (Lipinski definition) is 8. The van der Waals surface area contributed by atoms with Crippen LogP contribution in [-0.2, 0) is 33.2 Å². The van der Waals surface area contributed by atoms with Crippen LogP contribution in [0.2, 0.25) is 18.1 Å². The maximum absolute atomic E-state index is 13.8. The highest BCUT2D eigenvalue weighted by atomic mass is 32.2. The molecule has 0 saturated carbocycles. The lowest BCUT2D eigenvalue weighted by Gasteiger charge is -2.38. The van der Waals surface area contributed by atoms with Crippen molar-refractivity contribution < 1.29 is 36.9 Å². The van der Waals surface area contributed by atoms with Crippen molar-refractivity contribution in [3.63, 3.8) is 0 Å². The molecule has 8 nitrogen and oxygen atoms in total. The van der Waals surface area contributed by atoms with E-state index in [0.717, 1.165) is 49.7 Å². The van der Waals surface area contributed by atoms with Crippen LogP contribution in [0.3, 0.4) is 0 Å². The average Bonchev–Trinajstić information content (AvgIpc) is 3.57. The number of rotatable bonds is 17. The van der Waals surface area contributed by atoms with Crippen LogP contribution >= 0.6 is 0 Å². The van der Waals surface area contributed by atoms with Crippen molar-refractivity contribution in [1.29, 1.82) is 0 Å². The van der Waals surface area contributed by atoms with Gasteiger partial charge >= 0.3 is 0 Å². The van der Waals surface area contributed by atoms with E-state index in [2.05, 4.69) is 60.9 Å². The van der Waals surface area contributed by atoms with Crippen molar-refractivity contribution in [2.24, 2.45) is 17.8 Å². The lowest BCUT2D eigenvalue weighted by molar-refractivity contribution is -0.0755. The van der Waals surface area contributed by atoms with Gasteiger partial charge in [-0.1, -0.05) is 66.0 Å². The second-order valence-corrected chi connectivity index (χ2v) is 23.7. The fraction of sp³-hybridized carbons (Fsp3) is 0.750. The molecule has 10 heteroatoms. The van der Waals surface area contributed by atoms with Gasteiger partial charge < -0.3 is 28.5 Å². The van der Waals surface area contributed by atoms with Crippen molar-refractivity contribution in [3.8, 4) is 0 Å². The van der Waals surface area contributed by atoms with E-state index in [1.807, 2.05) is 6.07 Å². The van der Waals surface area contributed by atoms with Crippen LogP contribution in [0.4, 0.5) is 0 Å². The fourth-order valence-electron chi connectivity index (χ4n) is 7.59. The molecule has 284 valence electrons. The Morgan fingerprint density at radius 2 is 1.68 bits per heavy atom. The molecule has 3 fully saturated rings. The molecular weight excluding hydrogens is 669 g/mol. The first-order chi connectivity index (χ1) is 23.5. The van der Waals surface area contributed by atoms with Gasteiger partial charge in [-0.05, 0) is 98.2 Å². The summed E-state index contributed by atoms with van der Waals surface area (Å²) in [5.41, 5.74) is 2.16. The molecule has 0 amide bonds. The average molecular weight is 735 g/mol. The molecule has 3 aliphatic rings. The summed E-state index contributed by atoms with van der Waals surface area (Å²) in [6.07, 6.45) is 5.12. The van der Waals surface area contributed by atoms with E-state index in [0.29, 0.717) is 24.3 Å². The van der Waals surface area contributed by atoms with Crippen molar-refractivity contribution >= 4 is 18.2 Å². The number of benzene rings is 1. The number of sulfone groups is 1. The molecule has 4 rings (SSSR count). The molecule has 3 unspecified atom stereocenters. The van der Waals surface area contributed by atoms with Crippen LogP contribution in [0.1, 0.15) is 86.0 Å². The molecular formula is C40H66O8SSi. The molecule has 3 saturated heterocycles. The Labute approximate surface area is 304 Å². The molecule has 1 N–H and O–H groups in total. The molecule has 0 aromatic heterocycles. The highest BCUT2D eigenvalue weighted by molar-refractivity contribution is 7.91. The van der Waals surface area contributed by atoms with Gasteiger partial charge in [-0.2, -0.15) is 0 Å². The second-order valence-electron chi connectivity index (χ2n) is 16.8. The van der Waals surface area contributed by atoms with Gasteiger partial charge in [-0.3, -0.25) is 0 Å². The first-order valence-electron chi connectivity index (χ1n) is 18.8. The van der Waals surface area contributed by atoms with E-state index < -0.39 is 18.2 Å². The van der Waals surface area contributed by atoms with Gasteiger partial charge in [-0.15, -0.1) is 0 Å². The lowest BCUT2D eigenvalue weighted by Crippen LogP contribution is -2.42. The third-order valence-electron chi connectivity index (χ3n) is 11.8. The zero-order chi connectivity index (χ0) is 36.9. The van der Waals surface area contributed by atoms with E-state index in [1.165, 1.54) is 0 Å². The molecule has 0 aliphatic carbocycles. The molecule has 3 aliphatic heterocycles. The predicted octanol–water partition coefficient (Wildman–Crippen LogP) is 7.91. The summed E-state index contributed by atoms with van der Waals surface area (Å²) >= 11 is 0. The standard InChI is InChI=1S/C40H66O8SSi/c1-27(25-45-50(9,10)40(5,6)7)21-38-39(44-8)34(26-49(42,43)33-16-12-11-13-17-33)37(48-38)24-36-30(4)28(2)22-32(47-36)18-19-35-29(3)23-31(46-35)15-14-20-41/h11-13,16-17,27-28,31-32,34-39,41H,3-4,14-15,18-26H2,1-2,5-10H3/t27-,28+,31-,32-,34?,35?,36?,37-,38+,39+/m0/s1. The van der Waals surface area contributed by atoms with E-state index in [4.69, 9.17) is 23.4 Å². The normalized spacial score (nSPS) is 31.7. The number of aliphatic hydroxyl groups excluding tert-OH is 1. The Balaban J connectivity index is 1.48. The Bertz CT molecular complexity index is 1360. The minimum atomic E-state index is -3.61. The first-order valence-corrected chi connectivity index (χ1v) is 23.4. The van der Waals surface area contributed by atoms with Gasteiger partial charge in [0.1, 0.15) is 0 Å². The summed E-state index contributed by atoms with van der Waals surface area (Å²) in [6.45, 7) is 25.2. The number of hydrogen-bond donors (Lipinski definition) is 1. The van der Waals surface area contributed by atoms with E-state index in [9.17, 15) is 13.5 Å². The van der Waals surface area contributed by atoms with Crippen LogP contribution in [0.5, 0.6) is 0 Å². The maximum Gasteiger partial charge on any atom is 0.191 e. The van der Waals surface area contributed by atoms with Crippen LogP contribution in [0.15, 0.2) is 59.5 Å². The number of ether oxygens (including phenoxy) is 4. The number of aliphatic hydroxyl groups is 1. The van der Waals surface area contributed by atoms with Crippen LogP contribution in [-0.4, -0.2) is 90.6 Å². The van der Waals surface area contributed by atoms with Crippen LogP contribution in [0.25, 0.3) is 0 Å². The Kier molecular flexibility index (Phi) is 14.6. The first kappa shape index (κ1) is 41.4. The summed E-state index contributed by atoms with van der Waals surface area (Å²) in [5, 5.41) is 9.35. The van der Waals surface area contributed by atoms with Gasteiger partial charge in [0, 0.05) is 32.7 Å². The summed E-state index contributed by atoms with van der Waals surface area (Å²) in [7, 11) is -3.86. The van der Waals surface area contributed by atoms with E-state index in [1.54, 1.807) is 31.4 Å². The zero-order valence-corrected chi connectivity index (χ0v) is 33.9. The maximum atomic E-state index is 13.8. The molecule has 0 radical (unpaired) electrons. The highest BCUT2D eigenvalue weighted by Gasteiger charge is 2.49. The molecule has 0 spiro atoms. The monoisotopic (exact) mass is 734 g/mol. The Morgan fingerprint density at radius 1 is 1.00 bits per heavy atom. The molecule has 0 bridgehead atoms. The molecule has 10 atom stereocenters. The smallest absolute Gasteiger partial charge is 0.191 e. The summed E-state index contributed by atoms with van der Waals surface area (Å²) < 4.78 is 60.2. The zero-order valence-electron chi connectivity index (χ0n) is 32.1. The Hall–Kier alpha value is -1.37. The van der Waals surface area contributed by atoms with Crippen LogP contribution < -0.4 is 0 Å². The molecule has 50 heavy (non-hydrogen) atoms. The quantitative estimate of drug-likeness (QED) is 0.127. The summed E-state index contributed by atoms with van der Waals surface area (Å²) in [4.78, 5) is 0.314. The summed E-state index contributed by atoms with van der Waals surface area (Å²) in [5.74, 6) is 0.0282. The second kappa shape index (κ2) is 17.6. The SMILES string of the molecule is C=C1C[C@H](CCCO)OC1CC[C@H]1C[C@@H](C)C(=C)C(C[C@@H]2O[C@H](C[C@H](C)CO[Si](C)(C)C(C)(C)C)[C@H](OC)C2CS(=O)(=O)c2ccccc2)O1. The largest absolute Gasteiger partial charge is 0.417 e. The molecule has 1 aromatic rings. The van der Waals surface area contributed by atoms with Gasteiger partial charge in [-0.25, -0.2) is 8.42 Å². The van der Waals surface area contributed by atoms with Crippen LogP contribution in [0, 0.1) is 17.8 Å². The third-order valence-corrected chi connectivity index (χ3v) is 18.1. The topological polar surface area (TPSA) is 101 Å². The fourth-order valence-corrected chi connectivity index (χ4v) is 10.4. The molecule has 3 heterocycles. The van der Waals surface area contributed by atoms with Crippen molar-refractivity contribution in [1.82, 2.24) is 0 Å². The molecule has 1 aromatic carbocycles. The van der Waals surface area contributed by atoms with Gasteiger partial charge in [0.2, 0.25) is 0 Å². The predicted molar refractivity (Wildman–Crippen MR) is 203 cm³/mol. The number of methoxy groups -OCH3 is 1. The lowest BCUT2D eigenvalue weighted by atomic mass is 9.83. The van der Waals surface area contributed by atoms with Gasteiger partial charge in [0.15, 0.2) is 18.2 Å². The van der Waals surface area contributed by atoms with Crippen molar-refractivity contribution in [3.05, 3.63) is 54.6 Å².